The molecule has 1 aromatic heterocycles. The highest BCUT2D eigenvalue weighted by Gasteiger charge is 2.32. The van der Waals surface area contributed by atoms with E-state index in [1.165, 1.54) is 15.6 Å². The molecular formula is C21H23N3O3S2. The topological polar surface area (TPSA) is 79.4 Å². The average molecular weight is 430 g/mol. The number of sulfonamides is 1. The molecular weight excluding hydrogens is 406 g/mol. The molecule has 0 radical (unpaired) electrons. The Morgan fingerprint density at radius 1 is 1.10 bits per heavy atom. The molecule has 1 N–H and O–H groups in total. The number of carbonyl (C=O) groups is 1. The molecule has 0 spiro atoms. The highest BCUT2D eigenvalue weighted by Crippen LogP contribution is 2.30. The summed E-state index contributed by atoms with van der Waals surface area (Å²) in [5, 5.41) is 3.51. The molecule has 2 aromatic carbocycles. The zero-order valence-electron chi connectivity index (χ0n) is 16.4. The Balaban J connectivity index is 1.40. The minimum atomic E-state index is -3.52. The van der Waals surface area contributed by atoms with Crippen molar-refractivity contribution in [1.82, 2.24) is 9.29 Å². The molecule has 1 aliphatic rings. The molecule has 0 atom stereocenters. The van der Waals surface area contributed by atoms with Gasteiger partial charge in [0.1, 0.15) is 0 Å². The normalized spacial score (nSPS) is 16.2. The maximum Gasteiger partial charge on any atom is 0.243 e. The molecule has 6 nitrogen and oxygen atoms in total. The van der Waals surface area contributed by atoms with E-state index in [-0.39, 0.29) is 11.8 Å². The van der Waals surface area contributed by atoms with Crippen LogP contribution in [0.4, 0.5) is 5.13 Å². The van der Waals surface area contributed by atoms with Crippen LogP contribution in [0.3, 0.4) is 0 Å². The van der Waals surface area contributed by atoms with Crippen LogP contribution in [0, 0.1) is 19.8 Å². The van der Waals surface area contributed by atoms with Crippen molar-refractivity contribution < 1.29 is 13.2 Å². The predicted octanol–water partition coefficient (Wildman–Crippen LogP) is 3.95. The second-order valence-corrected chi connectivity index (χ2v) is 10.4. The number of nitrogens with one attached hydrogen (secondary N) is 1. The SMILES string of the molecule is Cc1ccc(S(=O)(=O)N2CCC(C(=O)Nc3nc4c(C)cccc4s3)CC2)cc1. The number of aromatic nitrogens is 1. The quantitative estimate of drug-likeness (QED) is 0.681. The number of benzene rings is 2. The summed E-state index contributed by atoms with van der Waals surface area (Å²) in [5.74, 6) is -0.304. The van der Waals surface area contributed by atoms with Gasteiger partial charge in [-0.05, 0) is 50.5 Å². The molecule has 0 bridgehead atoms. The third-order valence-corrected chi connectivity index (χ3v) is 8.18. The van der Waals surface area contributed by atoms with Gasteiger partial charge < -0.3 is 5.32 Å². The molecule has 0 saturated carbocycles. The summed E-state index contributed by atoms with van der Waals surface area (Å²) in [7, 11) is -3.52. The Bertz CT molecular complexity index is 1150. The average Bonchev–Trinajstić information content (AvgIpc) is 3.12. The zero-order chi connectivity index (χ0) is 20.6. The number of aryl methyl sites for hydroxylation is 2. The van der Waals surface area contributed by atoms with Gasteiger partial charge in [-0.1, -0.05) is 41.2 Å². The highest BCUT2D eigenvalue weighted by atomic mass is 32.2. The Morgan fingerprint density at radius 3 is 2.45 bits per heavy atom. The van der Waals surface area contributed by atoms with Crippen LogP contribution in [-0.4, -0.2) is 36.7 Å². The smallest absolute Gasteiger partial charge is 0.243 e. The number of nitrogens with zero attached hydrogens (tertiary/aromatic N) is 2. The Hall–Kier alpha value is -2.29. The largest absolute Gasteiger partial charge is 0.302 e. The lowest BCUT2D eigenvalue weighted by Crippen LogP contribution is -2.41. The Kier molecular flexibility index (Phi) is 5.42. The first kappa shape index (κ1) is 20.0. The number of carbonyl (C=O) groups excluding carboxylic acids is 1. The number of hydrogen-bond acceptors (Lipinski definition) is 5. The van der Waals surface area contributed by atoms with E-state index >= 15 is 0 Å². The van der Waals surface area contributed by atoms with E-state index in [1.807, 2.05) is 32.0 Å². The van der Waals surface area contributed by atoms with Crippen LogP contribution in [0.2, 0.25) is 0 Å². The number of rotatable bonds is 4. The lowest BCUT2D eigenvalue weighted by atomic mass is 9.97. The number of hydrogen-bond donors (Lipinski definition) is 1. The monoisotopic (exact) mass is 429 g/mol. The summed E-state index contributed by atoms with van der Waals surface area (Å²) in [5.41, 5.74) is 3.00. The first-order chi connectivity index (χ1) is 13.8. The van der Waals surface area contributed by atoms with Gasteiger partial charge in [-0.15, -0.1) is 0 Å². The Labute approximate surface area is 174 Å². The maximum absolute atomic E-state index is 12.8. The fourth-order valence-corrected chi connectivity index (χ4v) is 5.98. The van der Waals surface area contributed by atoms with Crippen molar-refractivity contribution >= 4 is 42.6 Å². The maximum atomic E-state index is 12.8. The van der Waals surface area contributed by atoms with Crippen LogP contribution in [0.1, 0.15) is 24.0 Å². The van der Waals surface area contributed by atoms with Crippen molar-refractivity contribution in [2.75, 3.05) is 18.4 Å². The van der Waals surface area contributed by atoms with Crippen molar-refractivity contribution in [3.63, 3.8) is 0 Å². The van der Waals surface area contributed by atoms with Gasteiger partial charge in [0.05, 0.1) is 15.1 Å². The molecule has 0 unspecified atom stereocenters. The van der Waals surface area contributed by atoms with E-state index in [9.17, 15) is 13.2 Å². The lowest BCUT2D eigenvalue weighted by Gasteiger charge is -2.30. The number of thiazole rings is 1. The van der Waals surface area contributed by atoms with Crippen LogP contribution in [0.15, 0.2) is 47.4 Å². The van der Waals surface area contributed by atoms with Gasteiger partial charge >= 0.3 is 0 Å². The molecule has 1 fully saturated rings. The van der Waals surface area contributed by atoms with E-state index in [4.69, 9.17) is 0 Å². The highest BCUT2D eigenvalue weighted by molar-refractivity contribution is 7.89. The van der Waals surface area contributed by atoms with Crippen LogP contribution in [0.5, 0.6) is 0 Å². The first-order valence-corrected chi connectivity index (χ1v) is 11.8. The van der Waals surface area contributed by atoms with Crippen LogP contribution < -0.4 is 5.32 Å². The fourth-order valence-electron chi connectivity index (χ4n) is 3.56. The molecule has 1 aliphatic heterocycles. The molecule has 0 aliphatic carbocycles. The van der Waals surface area contributed by atoms with Crippen molar-refractivity contribution in [1.29, 1.82) is 0 Å². The second kappa shape index (κ2) is 7.85. The summed E-state index contributed by atoms with van der Waals surface area (Å²) in [6, 6.07) is 12.8. The number of para-hydroxylation sites is 1. The minimum absolute atomic E-state index is 0.0888. The van der Waals surface area contributed by atoms with Gasteiger partial charge in [-0.2, -0.15) is 4.31 Å². The third-order valence-electron chi connectivity index (χ3n) is 5.33. The Morgan fingerprint density at radius 2 is 1.79 bits per heavy atom. The van der Waals surface area contributed by atoms with E-state index in [0.717, 1.165) is 21.3 Å². The second-order valence-electron chi connectivity index (χ2n) is 7.42. The van der Waals surface area contributed by atoms with Gasteiger partial charge in [0.25, 0.3) is 0 Å². The minimum Gasteiger partial charge on any atom is -0.302 e. The number of anilines is 1. The van der Waals surface area contributed by atoms with E-state index in [2.05, 4.69) is 10.3 Å². The van der Waals surface area contributed by atoms with Gasteiger partial charge in [-0.25, -0.2) is 13.4 Å². The molecule has 2 heterocycles. The van der Waals surface area contributed by atoms with Gasteiger partial charge in [-0.3, -0.25) is 4.79 Å². The standard InChI is InChI=1S/C21H23N3O3S2/c1-14-6-8-17(9-7-14)29(26,27)24-12-10-16(11-13-24)20(25)23-21-22-19-15(2)4-3-5-18(19)28-21/h3-9,16H,10-13H2,1-2H3,(H,22,23,25). The fraction of sp³-hybridized carbons (Fsp3) is 0.333. The predicted molar refractivity (Wildman–Crippen MR) is 116 cm³/mol. The molecule has 152 valence electrons. The molecule has 4 rings (SSSR count). The van der Waals surface area contributed by atoms with Crippen molar-refractivity contribution in [2.24, 2.45) is 5.92 Å². The lowest BCUT2D eigenvalue weighted by molar-refractivity contribution is -0.120. The van der Waals surface area contributed by atoms with Crippen molar-refractivity contribution in [3.05, 3.63) is 53.6 Å². The summed E-state index contributed by atoms with van der Waals surface area (Å²) >= 11 is 1.46. The van der Waals surface area contributed by atoms with Gasteiger partial charge in [0.15, 0.2) is 5.13 Å². The van der Waals surface area contributed by atoms with E-state index < -0.39 is 10.0 Å². The molecule has 1 saturated heterocycles. The molecule has 1 amide bonds. The van der Waals surface area contributed by atoms with Crippen molar-refractivity contribution in [2.45, 2.75) is 31.6 Å². The number of piperidine rings is 1. The molecule has 29 heavy (non-hydrogen) atoms. The van der Waals surface area contributed by atoms with E-state index in [0.29, 0.717) is 36.0 Å². The molecule has 8 heteroatoms. The zero-order valence-corrected chi connectivity index (χ0v) is 18.0. The summed E-state index contributed by atoms with van der Waals surface area (Å²) in [6.07, 6.45) is 1.00. The third kappa shape index (κ3) is 4.05. The first-order valence-electron chi connectivity index (χ1n) is 9.58. The van der Waals surface area contributed by atoms with Gasteiger partial charge in [0, 0.05) is 19.0 Å². The number of fused-ring (bicyclic) bond motifs is 1. The summed E-state index contributed by atoms with van der Waals surface area (Å²) < 4.78 is 28.1. The number of amides is 1. The van der Waals surface area contributed by atoms with Crippen LogP contribution in [-0.2, 0) is 14.8 Å². The van der Waals surface area contributed by atoms with Gasteiger partial charge in [0.2, 0.25) is 15.9 Å². The van der Waals surface area contributed by atoms with Crippen molar-refractivity contribution in [3.8, 4) is 0 Å². The van der Waals surface area contributed by atoms with Crippen LogP contribution in [0.25, 0.3) is 10.2 Å². The van der Waals surface area contributed by atoms with Crippen LogP contribution >= 0.6 is 11.3 Å². The summed E-state index contributed by atoms with van der Waals surface area (Å²) in [4.78, 5) is 17.5. The summed E-state index contributed by atoms with van der Waals surface area (Å²) in [6.45, 7) is 4.60. The van der Waals surface area contributed by atoms with E-state index in [1.54, 1.807) is 24.3 Å². The molecule has 3 aromatic rings.